The van der Waals surface area contributed by atoms with Crippen molar-refractivity contribution in [1.29, 1.82) is 0 Å². The van der Waals surface area contributed by atoms with Gasteiger partial charge in [-0.15, -0.1) is 0 Å². The SMILES string of the molecule is COc1ccc(Cl)cc1CN1CCCC1CNC(C)(C)C. The molecule has 118 valence electrons. The molecule has 2 rings (SSSR count). The summed E-state index contributed by atoms with van der Waals surface area (Å²) in [6.07, 6.45) is 2.52. The van der Waals surface area contributed by atoms with Gasteiger partial charge in [-0.1, -0.05) is 11.6 Å². The van der Waals surface area contributed by atoms with Crippen molar-refractivity contribution in [2.45, 2.75) is 51.7 Å². The van der Waals surface area contributed by atoms with Crippen molar-refractivity contribution in [3.8, 4) is 5.75 Å². The zero-order chi connectivity index (χ0) is 15.5. The number of likely N-dealkylation sites (tertiary alicyclic amines) is 1. The van der Waals surface area contributed by atoms with Crippen LogP contribution < -0.4 is 10.1 Å². The molecule has 4 heteroatoms. The average molecular weight is 311 g/mol. The molecule has 1 atom stereocenters. The van der Waals surface area contributed by atoms with Crippen LogP contribution in [0.5, 0.6) is 5.75 Å². The maximum atomic E-state index is 6.13. The molecule has 1 aliphatic heterocycles. The van der Waals surface area contributed by atoms with Crippen molar-refractivity contribution in [2.24, 2.45) is 0 Å². The lowest BCUT2D eigenvalue weighted by atomic mass is 10.1. The van der Waals surface area contributed by atoms with Crippen LogP contribution in [0.2, 0.25) is 5.02 Å². The number of rotatable bonds is 5. The highest BCUT2D eigenvalue weighted by Gasteiger charge is 2.26. The lowest BCUT2D eigenvalue weighted by Gasteiger charge is -2.29. The predicted octanol–water partition coefficient (Wildman–Crippen LogP) is 3.70. The molecule has 0 aromatic heterocycles. The summed E-state index contributed by atoms with van der Waals surface area (Å²) in [5.74, 6) is 0.925. The van der Waals surface area contributed by atoms with Gasteiger partial charge in [0.25, 0.3) is 0 Å². The zero-order valence-electron chi connectivity index (χ0n) is 13.6. The molecule has 1 heterocycles. The summed E-state index contributed by atoms with van der Waals surface area (Å²) in [5.41, 5.74) is 1.34. The molecule has 1 fully saturated rings. The van der Waals surface area contributed by atoms with Gasteiger partial charge >= 0.3 is 0 Å². The number of benzene rings is 1. The van der Waals surface area contributed by atoms with Crippen LogP contribution in [0.4, 0.5) is 0 Å². The van der Waals surface area contributed by atoms with Crippen LogP contribution in [0.3, 0.4) is 0 Å². The number of methoxy groups -OCH3 is 1. The Morgan fingerprint density at radius 3 is 2.81 bits per heavy atom. The lowest BCUT2D eigenvalue weighted by Crippen LogP contribution is -2.45. The number of hydrogen-bond acceptors (Lipinski definition) is 3. The molecule has 0 amide bonds. The van der Waals surface area contributed by atoms with Gasteiger partial charge in [-0.3, -0.25) is 4.90 Å². The van der Waals surface area contributed by atoms with Gasteiger partial charge in [-0.2, -0.15) is 0 Å². The normalized spacial score (nSPS) is 20.0. The third-order valence-electron chi connectivity index (χ3n) is 3.98. The first-order valence-electron chi connectivity index (χ1n) is 7.70. The average Bonchev–Trinajstić information content (AvgIpc) is 2.83. The van der Waals surface area contributed by atoms with Crippen LogP contribution in [0, 0.1) is 0 Å². The third kappa shape index (κ3) is 4.87. The molecule has 0 saturated carbocycles. The van der Waals surface area contributed by atoms with E-state index in [4.69, 9.17) is 16.3 Å². The van der Waals surface area contributed by atoms with Crippen LogP contribution in [-0.2, 0) is 6.54 Å². The third-order valence-corrected chi connectivity index (χ3v) is 4.22. The van der Waals surface area contributed by atoms with E-state index in [0.29, 0.717) is 6.04 Å². The summed E-state index contributed by atoms with van der Waals surface area (Å²) in [7, 11) is 1.72. The minimum absolute atomic E-state index is 0.169. The minimum atomic E-state index is 0.169. The first-order valence-corrected chi connectivity index (χ1v) is 8.08. The fourth-order valence-corrected chi connectivity index (χ4v) is 3.04. The molecule has 1 aliphatic rings. The Kier molecular flexibility index (Phi) is 5.53. The van der Waals surface area contributed by atoms with Crippen LogP contribution >= 0.6 is 11.6 Å². The fourth-order valence-electron chi connectivity index (χ4n) is 2.85. The maximum absolute atomic E-state index is 6.13. The van der Waals surface area contributed by atoms with Crippen LogP contribution in [0.15, 0.2) is 18.2 Å². The van der Waals surface area contributed by atoms with Gasteiger partial charge in [0.1, 0.15) is 5.75 Å². The molecule has 0 aliphatic carbocycles. The summed E-state index contributed by atoms with van der Waals surface area (Å²) < 4.78 is 5.46. The Morgan fingerprint density at radius 2 is 2.14 bits per heavy atom. The maximum Gasteiger partial charge on any atom is 0.123 e. The highest BCUT2D eigenvalue weighted by atomic mass is 35.5. The monoisotopic (exact) mass is 310 g/mol. The molecule has 0 spiro atoms. The number of halogens is 1. The number of nitrogens with zero attached hydrogens (tertiary/aromatic N) is 1. The van der Waals surface area contributed by atoms with Gasteiger partial charge in [0.05, 0.1) is 7.11 Å². The Hall–Kier alpha value is -0.770. The van der Waals surface area contributed by atoms with E-state index >= 15 is 0 Å². The van der Waals surface area contributed by atoms with Gasteiger partial charge in [0, 0.05) is 35.3 Å². The van der Waals surface area contributed by atoms with Crippen LogP contribution in [-0.4, -0.2) is 36.7 Å². The van der Waals surface area contributed by atoms with Crippen molar-refractivity contribution >= 4 is 11.6 Å². The van der Waals surface area contributed by atoms with Gasteiger partial charge in [0.15, 0.2) is 0 Å². The van der Waals surface area contributed by atoms with Gasteiger partial charge in [-0.05, 0) is 58.4 Å². The zero-order valence-corrected chi connectivity index (χ0v) is 14.3. The molecule has 21 heavy (non-hydrogen) atoms. The van der Waals surface area contributed by atoms with Crippen molar-refractivity contribution < 1.29 is 4.74 Å². The molecule has 0 bridgehead atoms. The minimum Gasteiger partial charge on any atom is -0.496 e. The molecular weight excluding hydrogens is 284 g/mol. The highest BCUT2D eigenvalue weighted by Crippen LogP contribution is 2.27. The molecule has 1 saturated heterocycles. The molecule has 3 nitrogen and oxygen atoms in total. The number of ether oxygens (including phenoxy) is 1. The first-order chi connectivity index (χ1) is 9.89. The second-order valence-corrected chi connectivity index (χ2v) is 7.29. The van der Waals surface area contributed by atoms with Crippen LogP contribution in [0.1, 0.15) is 39.2 Å². The van der Waals surface area contributed by atoms with E-state index in [2.05, 4.69) is 31.0 Å². The molecular formula is C17H27ClN2O. The largest absolute Gasteiger partial charge is 0.496 e. The second-order valence-electron chi connectivity index (χ2n) is 6.85. The molecule has 0 radical (unpaired) electrons. The molecule has 1 aromatic carbocycles. The van der Waals surface area contributed by atoms with Crippen molar-refractivity contribution in [1.82, 2.24) is 10.2 Å². The van der Waals surface area contributed by atoms with E-state index < -0.39 is 0 Å². The lowest BCUT2D eigenvalue weighted by molar-refractivity contribution is 0.223. The van der Waals surface area contributed by atoms with Crippen molar-refractivity contribution in [3.63, 3.8) is 0 Å². The van der Waals surface area contributed by atoms with Crippen LogP contribution in [0.25, 0.3) is 0 Å². The quantitative estimate of drug-likeness (QED) is 0.897. The Bertz CT molecular complexity index is 470. The highest BCUT2D eigenvalue weighted by molar-refractivity contribution is 6.30. The Labute approximate surface area is 133 Å². The number of hydrogen-bond donors (Lipinski definition) is 1. The smallest absolute Gasteiger partial charge is 0.123 e. The van der Waals surface area contributed by atoms with Crippen molar-refractivity contribution in [2.75, 3.05) is 20.2 Å². The van der Waals surface area contributed by atoms with E-state index in [1.54, 1.807) is 7.11 Å². The summed E-state index contributed by atoms with van der Waals surface area (Å²) >= 11 is 6.13. The van der Waals surface area contributed by atoms with E-state index in [9.17, 15) is 0 Å². The van der Waals surface area contributed by atoms with Gasteiger partial charge in [0.2, 0.25) is 0 Å². The summed E-state index contributed by atoms with van der Waals surface area (Å²) in [6, 6.07) is 6.45. The molecule has 1 N–H and O–H groups in total. The fraction of sp³-hybridized carbons (Fsp3) is 0.647. The van der Waals surface area contributed by atoms with Gasteiger partial charge < -0.3 is 10.1 Å². The first kappa shape index (κ1) is 16.6. The summed E-state index contributed by atoms with van der Waals surface area (Å²) in [5, 5.41) is 4.39. The van der Waals surface area contributed by atoms with E-state index in [1.165, 1.54) is 18.4 Å². The number of nitrogens with one attached hydrogen (secondary N) is 1. The van der Waals surface area contributed by atoms with E-state index in [0.717, 1.165) is 30.4 Å². The summed E-state index contributed by atoms with van der Waals surface area (Å²) in [4.78, 5) is 2.53. The predicted molar refractivity (Wildman–Crippen MR) is 89.2 cm³/mol. The van der Waals surface area contributed by atoms with E-state index in [-0.39, 0.29) is 5.54 Å². The van der Waals surface area contributed by atoms with Gasteiger partial charge in [-0.25, -0.2) is 0 Å². The standard InChI is InChI=1S/C17H27ClN2O/c1-17(2,3)19-11-15-6-5-9-20(15)12-13-10-14(18)7-8-16(13)21-4/h7-8,10,15,19H,5-6,9,11-12H2,1-4H3. The second kappa shape index (κ2) is 6.99. The Morgan fingerprint density at radius 1 is 1.38 bits per heavy atom. The van der Waals surface area contributed by atoms with Crippen molar-refractivity contribution in [3.05, 3.63) is 28.8 Å². The molecule has 1 aromatic rings. The van der Waals surface area contributed by atoms with E-state index in [1.807, 2.05) is 18.2 Å². The molecule has 1 unspecified atom stereocenters. The Balaban J connectivity index is 2.02. The topological polar surface area (TPSA) is 24.5 Å². The summed E-state index contributed by atoms with van der Waals surface area (Å²) in [6.45, 7) is 9.73.